The maximum Gasteiger partial charge on any atom is 0.421 e. The van der Waals surface area contributed by atoms with Crippen LogP contribution in [0.25, 0.3) is 0 Å². The van der Waals surface area contributed by atoms with E-state index in [1.54, 1.807) is 0 Å². The summed E-state index contributed by atoms with van der Waals surface area (Å²) in [7, 11) is 0. The van der Waals surface area contributed by atoms with E-state index < -0.39 is 47.6 Å². The van der Waals surface area contributed by atoms with Crippen molar-refractivity contribution in [1.29, 1.82) is 0 Å². The third kappa shape index (κ3) is 3.61. The predicted molar refractivity (Wildman–Crippen MR) is 54.5 cm³/mol. The van der Waals surface area contributed by atoms with Crippen LogP contribution in [0.5, 0.6) is 0 Å². The van der Waals surface area contributed by atoms with Crippen molar-refractivity contribution in [3.63, 3.8) is 0 Å². The quantitative estimate of drug-likeness (QED) is 0.633. The Hall–Kier alpha value is -1.80. The second kappa shape index (κ2) is 6.10. The Labute approximate surface area is 109 Å². The standard InChI is InChI=1S/C11H9F6NO2/c1-2-20-6(19)3-5-4-18-9(10(13)14)7(8(5)12)11(15,16)17/h4,10H,2-3H2,1H3. The number of halogens is 6. The van der Waals surface area contributed by atoms with E-state index >= 15 is 0 Å². The van der Waals surface area contributed by atoms with Crippen molar-refractivity contribution in [3.05, 3.63) is 28.8 Å². The number of hydrogen-bond acceptors (Lipinski definition) is 3. The van der Waals surface area contributed by atoms with Crippen molar-refractivity contribution in [1.82, 2.24) is 4.98 Å². The number of alkyl halides is 5. The van der Waals surface area contributed by atoms with Crippen LogP contribution in [-0.2, 0) is 22.1 Å². The highest BCUT2D eigenvalue weighted by molar-refractivity contribution is 5.72. The van der Waals surface area contributed by atoms with Crippen molar-refractivity contribution >= 4 is 5.97 Å². The van der Waals surface area contributed by atoms with E-state index in [0.717, 1.165) is 0 Å². The summed E-state index contributed by atoms with van der Waals surface area (Å²) in [6.07, 6.45) is -9.27. The molecule has 1 heterocycles. The van der Waals surface area contributed by atoms with E-state index in [4.69, 9.17) is 0 Å². The molecule has 0 saturated heterocycles. The summed E-state index contributed by atoms with van der Waals surface area (Å²) >= 11 is 0. The molecule has 0 bridgehead atoms. The molecular formula is C11H9F6NO2. The highest BCUT2D eigenvalue weighted by Crippen LogP contribution is 2.37. The van der Waals surface area contributed by atoms with Crippen LogP contribution in [-0.4, -0.2) is 17.6 Å². The molecule has 0 saturated carbocycles. The number of carbonyl (C=O) groups is 1. The fraction of sp³-hybridized carbons (Fsp3) is 0.455. The molecule has 0 aliphatic carbocycles. The molecule has 0 aliphatic rings. The summed E-state index contributed by atoms with van der Waals surface area (Å²) in [6.45, 7) is 1.41. The molecule has 112 valence electrons. The van der Waals surface area contributed by atoms with Crippen molar-refractivity contribution in [3.8, 4) is 0 Å². The van der Waals surface area contributed by atoms with Gasteiger partial charge in [-0.25, -0.2) is 13.2 Å². The molecule has 0 fully saturated rings. The number of hydrogen-bond donors (Lipinski definition) is 0. The van der Waals surface area contributed by atoms with Gasteiger partial charge in [-0.05, 0) is 6.92 Å². The van der Waals surface area contributed by atoms with Gasteiger partial charge in [-0.15, -0.1) is 0 Å². The Bertz CT molecular complexity index is 500. The molecule has 0 spiro atoms. The van der Waals surface area contributed by atoms with E-state index in [9.17, 15) is 31.1 Å². The zero-order valence-electron chi connectivity index (χ0n) is 10.1. The molecule has 1 aromatic rings. The van der Waals surface area contributed by atoms with E-state index in [1.165, 1.54) is 6.92 Å². The fourth-order valence-electron chi connectivity index (χ4n) is 1.47. The van der Waals surface area contributed by atoms with Crippen LogP contribution in [0.15, 0.2) is 6.20 Å². The molecule has 0 aliphatic heterocycles. The van der Waals surface area contributed by atoms with Gasteiger partial charge in [0.15, 0.2) is 0 Å². The average molecular weight is 301 g/mol. The van der Waals surface area contributed by atoms with Gasteiger partial charge in [0.1, 0.15) is 17.1 Å². The molecule has 20 heavy (non-hydrogen) atoms. The monoisotopic (exact) mass is 301 g/mol. The molecule has 0 unspecified atom stereocenters. The summed E-state index contributed by atoms with van der Waals surface area (Å²) in [5.41, 5.74) is -4.61. The van der Waals surface area contributed by atoms with Gasteiger partial charge in [0.05, 0.1) is 13.0 Å². The van der Waals surface area contributed by atoms with E-state index in [1.807, 2.05) is 0 Å². The van der Waals surface area contributed by atoms with Crippen LogP contribution < -0.4 is 0 Å². The first-order valence-corrected chi connectivity index (χ1v) is 5.36. The SMILES string of the molecule is CCOC(=O)Cc1cnc(C(F)F)c(C(F)(F)F)c1F. The Morgan fingerprint density at radius 3 is 2.45 bits per heavy atom. The van der Waals surface area contributed by atoms with Crippen LogP contribution in [0.1, 0.15) is 30.2 Å². The summed E-state index contributed by atoms with van der Waals surface area (Å²) in [4.78, 5) is 14.0. The predicted octanol–water partition coefficient (Wildman–Crippen LogP) is 3.28. The lowest BCUT2D eigenvalue weighted by Gasteiger charge is -2.14. The lowest BCUT2D eigenvalue weighted by atomic mass is 10.1. The van der Waals surface area contributed by atoms with Gasteiger partial charge in [0, 0.05) is 11.8 Å². The second-order valence-corrected chi connectivity index (χ2v) is 3.64. The minimum atomic E-state index is -5.34. The zero-order valence-corrected chi connectivity index (χ0v) is 10.1. The third-order valence-electron chi connectivity index (χ3n) is 2.25. The minimum Gasteiger partial charge on any atom is -0.466 e. The Morgan fingerprint density at radius 1 is 1.40 bits per heavy atom. The first-order chi connectivity index (χ1) is 9.18. The molecule has 3 nitrogen and oxygen atoms in total. The minimum absolute atomic E-state index is 0.0465. The highest BCUT2D eigenvalue weighted by atomic mass is 19.4. The third-order valence-corrected chi connectivity index (χ3v) is 2.25. The molecular weight excluding hydrogens is 292 g/mol. The van der Waals surface area contributed by atoms with Crippen molar-refractivity contribution in [2.45, 2.75) is 25.9 Å². The average Bonchev–Trinajstić information content (AvgIpc) is 2.29. The highest BCUT2D eigenvalue weighted by Gasteiger charge is 2.41. The summed E-state index contributed by atoms with van der Waals surface area (Å²) < 4.78 is 80.8. The first-order valence-electron chi connectivity index (χ1n) is 5.36. The Balaban J connectivity index is 3.28. The number of esters is 1. The lowest BCUT2D eigenvalue weighted by Crippen LogP contribution is -2.18. The molecule has 0 aromatic carbocycles. The number of rotatable bonds is 4. The van der Waals surface area contributed by atoms with E-state index in [0.29, 0.717) is 6.20 Å². The van der Waals surface area contributed by atoms with Gasteiger partial charge >= 0.3 is 12.1 Å². The first kappa shape index (κ1) is 16.3. The Kier molecular flexibility index (Phi) is 4.96. The fourth-order valence-corrected chi connectivity index (χ4v) is 1.47. The molecule has 0 N–H and O–H groups in total. The van der Waals surface area contributed by atoms with E-state index in [-0.39, 0.29) is 6.61 Å². The zero-order chi connectivity index (χ0) is 15.5. The van der Waals surface area contributed by atoms with Gasteiger partial charge in [0.25, 0.3) is 6.43 Å². The van der Waals surface area contributed by atoms with Gasteiger partial charge in [0.2, 0.25) is 0 Å². The van der Waals surface area contributed by atoms with Gasteiger partial charge in [-0.2, -0.15) is 13.2 Å². The van der Waals surface area contributed by atoms with Gasteiger partial charge in [-0.3, -0.25) is 9.78 Å². The van der Waals surface area contributed by atoms with Crippen LogP contribution in [0.4, 0.5) is 26.3 Å². The molecule has 0 amide bonds. The molecule has 9 heteroatoms. The maximum absolute atomic E-state index is 13.7. The summed E-state index contributed by atoms with van der Waals surface area (Å²) in [5, 5.41) is 0. The summed E-state index contributed by atoms with van der Waals surface area (Å²) in [6, 6.07) is 0. The Morgan fingerprint density at radius 2 is 2.00 bits per heavy atom. The largest absolute Gasteiger partial charge is 0.466 e. The molecule has 1 aromatic heterocycles. The number of ether oxygens (including phenoxy) is 1. The normalized spacial score (nSPS) is 11.8. The van der Waals surface area contributed by atoms with Gasteiger partial charge < -0.3 is 4.74 Å². The second-order valence-electron chi connectivity index (χ2n) is 3.64. The number of pyridine rings is 1. The molecule has 0 atom stereocenters. The van der Waals surface area contributed by atoms with E-state index in [2.05, 4.69) is 9.72 Å². The topological polar surface area (TPSA) is 39.2 Å². The molecule has 0 radical (unpaired) electrons. The summed E-state index contributed by atoms with van der Waals surface area (Å²) in [5.74, 6) is -2.91. The van der Waals surface area contributed by atoms with Crippen LogP contribution in [0, 0.1) is 5.82 Å². The van der Waals surface area contributed by atoms with Crippen LogP contribution in [0.3, 0.4) is 0 Å². The maximum atomic E-state index is 13.7. The van der Waals surface area contributed by atoms with Crippen molar-refractivity contribution in [2.75, 3.05) is 6.61 Å². The van der Waals surface area contributed by atoms with Gasteiger partial charge in [-0.1, -0.05) is 0 Å². The number of carbonyl (C=O) groups excluding carboxylic acids is 1. The van der Waals surface area contributed by atoms with Crippen molar-refractivity contribution < 1.29 is 35.9 Å². The van der Waals surface area contributed by atoms with Crippen LogP contribution in [0.2, 0.25) is 0 Å². The lowest BCUT2D eigenvalue weighted by molar-refractivity contribution is -0.144. The number of aromatic nitrogens is 1. The van der Waals surface area contributed by atoms with Crippen LogP contribution >= 0.6 is 0 Å². The molecule has 1 rings (SSSR count). The van der Waals surface area contributed by atoms with Crippen molar-refractivity contribution in [2.24, 2.45) is 0 Å². The number of nitrogens with zero attached hydrogens (tertiary/aromatic N) is 1. The smallest absolute Gasteiger partial charge is 0.421 e.